The van der Waals surface area contributed by atoms with Crippen molar-refractivity contribution >= 4 is 18.4 Å². The van der Waals surface area contributed by atoms with E-state index in [0.717, 1.165) is 37.6 Å². The van der Waals surface area contributed by atoms with Crippen molar-refractivity contribution in [1.82, 2.24) is 4.98 Å². The highest BCUT2D eigenvalue weighted by atomic mass is 16.7. The second kappa shape index (κ2) is 5.27. The van der Waals surface area contributed by atoms with Gasteiger partial charge in [-0.25, -0.2) is 0 Å². The Balaban J connectivity index is 1.73. The number of hydrogen-bond acceptors (Lipinski definition) is 5. The summed E-state index contributed by atoms with van der Waals surface area (Å²) in [6.45, 7) is 11.6. The Kier molecular flexibility index (Phi) is 3.72. The van der Waals surface area contributed by atoms with E-state index in [1.54, 1.807) is 0 Å². The molecule has 2 fully saturated rings. The Bertz CT molecular complexity index is 482. The molecule has 0 amide bonds. The van der Waals surface area contributed by atoms with Crippen molar-refractivity contribution in [2.75, 3.05) is 31.2 Å². The van der Waals surface area contributed by atoms with Crippen molar-refractivity contribution in [3.8, 4) is 0 Å². The van der Waals surface area contributed by atoms with Gasteiger partial charge < -0.3 is 18.9 Å². The Hall–Kier alpha value is -1.11. The van der Waals surface area contributed by atoms with Crippen molar-refractivity contribution in [1.29, 1.82) is 0 Å². The highest BCUT2D eigenvalue weighted by molar-refractivity contribution is 6.61. The molecule has 5 nitrogen and oxygen atoms in total. The molecular formula is C15H23BN2O3. The molecule has 0 radical (unpaired) electrons. The first-order chi connectivity index (χ1) is 9.89. The molecule has 114 valence electrons. The Morgan fingerprint density at radius 1 is 1.05 bits per heavy atom. The molecular weight excluding hydrogens is 267 g/mol. The molecule has 0 aromatic carbocycles. The van der Waals surface area contributed by atoms with E-state index in [-0.39, 0.29) is 11.2 Å². The van der Waals surface area contributed by atoms with E-state index in [9.17, 15) is 0 Å². The van der Waals surface area contributed by atoms with Gasteiger partial charge in [-0.1, -0.05) is 0 Å². The van der Waals surface area contributed by atoms with Gasteiger partial charge in [-0.3, -0.25) is 4.98 Å². The van der Waals surface area contributed by atoms with Gasteiger partial charge in [-0.05, 0) is 39.8 Å². The van der Waals surface area contributed by atoms with Gasteiger partial charge in [0.15, 0.2) is 0 Å². The second-order valence-corrected chi connectivity index (χ2v) is 6.63. The number of nitrogens with zero attached hydrogens (tertiary/aromatic N) is 2. The summed E-state index contributed by atoms with van der Waals surface area (Å²) < 4.78 is 17.4. The molecule has 1 aromatic rings. The zero-order chi connectivity index (χ0) is 15.1. The van der Waals surface area contributed by atoms with Crippen LogP contribution in [0.3, 0.4) is 0 Å². The molecule has 1 aromatic heterocycles. The first-order valence-corrected chi connectivity index (χ1v) is 7.53. The summed E-state index contributed by atoms with van der Waals surface area (Å²) in [5.41, 5.74) is 1.29. The van der Waals surface area contributed by atoms with Gasteiger partial charge in [0.25, 0.3) is 0 Å². The van der Waals surface area contributed by atoms with E-state index in [1.807, 2.05) is 12.3 Å². The lowest BCUT2D eigenvalue weighted by molar-refractivity contribution is 0.00578. The molecule has 6 heteroatoms. The highest BCUT2D eigenvalue weighted by Gasteiger charge is 2.52. The molecule has 0 unspecified atom stereocenters. The molecule has 0 saturated carbocycles. The number of morpholine rings is 1. The van der Waals surface area contributed by atoms with Gasteiger partial charge >= 0.3 is 7.12 Å². The lowest BCUT2D eigenvalue weighted by Crippen LogP contribution is -2.41. The standard InChI is InChI=1S/C15H23BN2O3/c1-14(2)15(3,4)21-16(20-14)13-6-5-12(11-17-13)18-7-9-19-10-8-18/h5-6,11H,7-10H2,1-4H3. The topological polar surface area (TPSA) is 43.8 Å². The lowest BCUT2D eigenvalue weighted by Gasteiger charge is -2.32. The average molecular weight is 290 g/mol. The summed E-state index contributed by atoms with van der Waals surface area (Å²) in [5, 5.41) is 0. The molecule has 0 N–H and O–H groups in total. The summed E-state index contributed by atoms with van der Waals surface area (Å²) in [6, 6.07) is 4.08. The molecule has 3 rings (SSSR count). The minimum atomic E-state index is -0.395. The fraction of sp³-hybridized carbons (Fsp3) is 0.667. The van der Waals surface area contributed by atoms with Gasteiger partial charge in [-0.2, -0.15) is 0 Å². The maximum Gasteiger partial charge on any atom is 0.514 e. The van der Waals surface area contributed by atoms with Crippen molar-refractivity contribution in [3.05, 3.63) is 18.3 Å². The van der Waals surface area contributed by atoms with Crippen molar-refractivity contribution in [2.24, 2.45) is 0 Å². The second-order valence-electron chi connectivity index (χ2n) is 6.63. The van der Waals surface area contributed by atoms with Crippen LogP contribution < -0.4 is 10.5 Å². The number of pyridine rings is 1. The fourth-order valence-corrected chi connectivity index (χ4v) is 2.51. The molecule has 0 atom stereocenters. The average Bonchev–Trinajstić information content (AvgIpc) is 2.69. The molecule has 2 aliphatic heterocycles. The van der Waals surface area contributed by atoms with Crippen LogP contribution in [0.5, 0.6) is 0 Å². The van der Waals surface area contributed by atoms with Gasteiger partial charge in [0.1, 0.15) is 0 Å². The molecule has 0 spiro atoms. The summed E-state index contributed by atoms with van der Waals surface area (Å²) in [5.74, 6) is 0. The van der Waals surface area contributed by atoms with Gasteiger partial charge in [0.2, 0.25) is 0 Å². The summed E-state index contributed by atoms with van der Waals surface area (Å²) in [4.78, 5) is 6.82. The van der Waals surface area contributed by atoms with Crippen molar-refractivity contribution in [3.63, 3.8) is 0 Å². The fourth-order valence-electron chi connectivity index (χ4n) is 2.51. The number of aromatic nitrogens is 1. The SMILES string of the molecule is CC1(C)OB(c2ccc(N3CCOCC3)cn2)OC1(C)C. The maximum absolute atomic E-state index is 6.02. The van der Waals surface area contributed by atoms with Crippen molar-refractivity contribution in [2.45, 2.75) is 38.9 Å². The van der Waals surface area contributed by atoms with E-state index in [4.69, 9.17) is 14.0 Å². The first kappa shape index (κ1) is 14.8. The van der Waals surface area contributed by atoms with Crippen LogP contribution in [0.25, 0.3) is 0 Å². The molecule has 3 heterocycles. The van der Waals surface area contributed by atoms with E-state index in [0.29, 0.717) is 0 Å². The third-order valence-corrected chi connectivity index (χ3v) is 4.64. The number of hydrogen-bond donors (Lipinski definition) is 0. The minimum Gasteiger partial charge on any atom is -0.398 e. The van der Waals surface area contributed by atoms with Crippen LogP contribution in [-0.2, 0) is 14.0 Å². The maximum atomic E-state index is 6.02. The smallest absolute Gasteiger partial charge is 0.398 e. The summed E-state index contributed by atoms with van der Waals surface area (Å²) in [7, 11) is -0.395. The van der Waals surface area contributed by atoms with Crippen LogP contribution in [0, 0.1) is 0 Å². The third-order valence-electron chi connectivity index (χ3n) is 4.64. The van der Waals surface area contributed by atoms with Crippen LogP contribution >= 0.6 is 0 Å². The van der Waals surface area contributed by atoms with E-state index in [2.05, 4.69) is 43.6 Å². The Labute approximate surface area is 126 Å². The lowest BCUT2D eigenvalue weighted by atomic mass is 9.84. The normalized spacial score (nSPS) is 24.4. The molecule has 2 saturated heterocycles. The van der Waals surface area contributed by atoms with Crippen molar-refractivity contribution < 1.29 is 14.0 Å². The summed E-state index contributed by atoms with van der Waals surface area (Å²) in [6.07, 6.45) is 1.89. The largest absolute Gasteiger partial charge is 0.514 e. The van der Waals surface area contributed by atoms with Gasteiger partial charge in [-0.15, -0.1) is 0 Å². The highest BCUT2D eigenvalue weighted by Crippen LogP contribution is 2.36. The van der Waals surface area contributed by atoms with Crippen LogP contribution in [0.4, 0.5) is 5.69 Å². The predicted molar refractivity (Wildman–Crippen MR) is 83.0 cm³/mol. The van der Waals surface area contributed by atoms with Crippen LogP contribution in [0.2, 0.25) is 0 Å². The van der Waals surface area contributed by atoms with Gasteiger partial charge in [0.05, 0.1) is 35.7 Å². The zero-order valence-corrected chi connectivity index (χ0v) is 13.3. The predicted octanol–water partition coefficient (Wildman–Crippen LogP) is 1.22. The number of ether oxygens (including phenoxy) is 1. The van der Waals surface area contributed by atoms with Crippen LogP contribution in [-0.4, -0.2) is 49.6 Å². The van der Waals surface area contributed by atoms with Crippen LogP contribution in [0.15, 0.2) is 18.3 Å². The number of anilines is 1. The molecule has 0 aliphatic carbocycles. The number of rotatable bonds is 2. The molecule has 2 aliphatic rings. The minimum absolute atomic E-state index is 0.331. The molecule has 21 heavy (non-hydrogen) atoms. The van der Waals surface area contributed by atoms with Gasteiger partial charge in [0, 0.05) is 19.3 Å². The summed E-state index contributed by atoms with van der Waals surface area (Å²) >= 11 is 0. The Morgan fingerprint density at radius 2 is 1.67 bits per heavy atom. The Morgan fingerprint density at radius 3 is 2.19 bits per heavy atom. The van der Waals surface area contributed by atoms with E-state index < -0.39 is 7.12 Å². The van der Waals surface area contributed by atoms with E-state index >= 15 is 0 Å². The first-order valence-electron chi connectivity index (χ1n) is 7.53. The van der Waals surface area contributed by atoms with Crippen LogP contribution in [0.1, 0.15) is 27.7 Å². The monoisotopic (exact) mass is 290 g/mol. The third kappa shape index (κ3) is 2.80. The zero-order valence-electron chi connectivity index (χ0n) is 13.3. The van der Waals surface area contributed by atoms with E-state index in [1.165, 1.54) is 0 Å². The quantitative estimate of drug-likeness (QED) is 0.766. The molecule has 0 bridgehead atoms.